The molecule has 4 rings (SSSR count). The topological polar surface area (TPSA) is 79.4 Å². The summed E-state index contributed by atoms with van der Waals surface area (Å²) in [6, 6.07) is 16.0. The molecule has 2 aromatic rings. The Morgan fingerprint density at radius 1 is 0.540 bits per heavy atom. The van der Waals surface area contributed by atoms with Gasteiger partial charge in [0.25, 0.3) is 0 Å². The van der Waals surface area contributed by atoms with Crippen LogP contribution < -0.4 is 10.7 Å². The molecule has 1 aliphatic heterocycles. The van der Waals surface area contributed by atoms with Gasteiger partial charge in [0.05, 0.1) is 17.5 Å². The van der Waals surface area contributed by atoms with Crippen LogP contribution in [0.25, 0.3) is 33.4 Å². The Morgan fingerprint density at radius 2 is 1.00 bits per heavy atom. The second kappa shape index (κ2) is 32.3. The van der Waals surface area contributed by atoms with Crippen molar-refractivity contribution in [1.82, 2.24) is 0 Å². The summed E-state index contributed by atoms with van der Waals surface area (Å²) >= 11 is 0. The Kier molecular flexibility index (Phi) is 26.7. The number of benzene rings is 3. The Bertz CT molecular complexity index is 1870. The first kappa shape index (κ1) is 52.2. The summed E-state index contributed by atoms with van der Waals surface area (Å²) < 4.78 is 6.75. The van der Waals surface area contributed by atoms with Gasteiger partial charge in [-0.05, 0) is 62.4 Å². The van der Waals surface area contributed by atoms with Gasteiger partial charge in [-0.3, -0.25) is 4.99 Å². The number of hydrogen-bond donors (Lipinski definition) is 2. The molecule has 0 saturated carbocycles. The average molecular weight is 864 g/mol. The highest BCUT2D eigenvalue weighted by atomic mass is 16.4. The number of carbonyl (C=O) groups is 1. The summed E-state index contributed by atoms with van der Waals surface area (Å²) in [4.78, 5) is 17.6. The molecule has 0 atom stereocenters. The fraction of sp³-hybridized carbons (Fsp3) is 0.655. The minimum atomic E-state index is -0.921. The summed E-state index contributed by atoms with van der Waals surface area (Å²) in [5.74, 6) is -0.170. The second-order valence-electron chi connectivity index (χ2n) is 19.1. The van der Waals surface area contributed by atoms with Crippen molar-refractivity contribution in [3.8, 4) is 22.5 Å². The van der Waals surface area contributed by atoms with E-state index in [0.29, 0.717) is 5.56 Å². The zero-order chi connectivity index (χ0) is 44.7. The van der Waals surface area contributed by atoms with Crippen molar-refractivity contribution in [2.75, 3.05) is 13.1 Å². The van der Waals surface area contributed by atoms with Gasteiger partial charge in [-0.1, -0.05) is 218 Å². The van der Waals surface area contributed by atoms with Crippen LogP contribution in [0.15, 0.2) is 57.9 Å². The summed E-state index contributed by atoms with van der Waals surface area (Å²) in [5, 5.41) is 14.6. The maximum absolute atomic E-state index is 12.5. The van der Waals surface area contributed by atoms with Gasteiger partial charge in [0.2, 0.25) is 0 Å². The van der Waals surface area contributed by atoms with Crippen molar-refractivity contribution in [3.63, 3.8) is 0 Å². The summed E-state index contributed by atoms with van der Waals surface area (Å²) in [6.07, 6.45) is 43.9. The van der Waals surface area contributed by atoms with E-state index in [1.54, 1.807) is 6.07 Å². The molecule has 1 heterocycles. The van der Waals surface area contributed by atoms with Crippen LogP contribution in [-0.2, 0) is 0 Å². The van der Waals surface area contributed by atoms with E-state index in [1.165, 1.54) is 210 Å². The number of rotatable bonds is 37. The van der Waals surface area contributed by atoms with Crippen molar-refractivity contribution in [2.45, 2.75) is 233 Å². The third-order valence-corrected chi connectivity index (χ3v) is 13.6. The Labute approximate surface area is 385 Å². The molecular formula is C58H91N2O3+. The normalized spacial score (nSPS) is 12.0. The zero-order valence-electron chi connectivity index (χ0n) is 40.9. The van der Waals surface area contributed by atoms with E-state index in [9.17, 15) is 9.90 Å². The van der Waals surface area contributed by atoms with Crippen molar-refractivity contribution >= 4 is 22.6 Å². The van der Waals surface area contributed by atoms with E-state index in [2.05, 4.69) is 57.3 Å². The van der Waals surface area contributed by atoms with Gasteiger partial charge >= 0.3 is 5.97 Å². The molecular weight excluding hydrogens is 773 g/mol. The fourth-order valence-electron chi connectivity index (χ4n) is 9.58. The molecule has 5 nitrogen and oxygen atoms in total. The van der Waals surface area contributed by atoms with Crippen LogP contribution in [0.5, 0.6) is 0 Å². The largest absolute Gasteiger partial charge is 0.478 e. The first-order valence-corrected chi connectivity index (χ1v) is 26.6. The van der Waals surface area contributed by atoms with Crippen LogP contribution >= 0.6 is 0 Å². The molecule has 5 heteroatoms. The highest BCUT2D eigenvalue weighted by Gasteiger charge is 2.23. The molecule has 0 radical (unpaired) electrons. The van der Waals surface area contributed by atoms with Crippen LogP contribution in [0.2, 0.25) is 0 Å². The quantitative estimate of drug-likeness (QED) is 0.0269. The lowest BCUT2D eigenvalue weighted by Crippen LogP contribution is -2.78. The van der Waals surface area contributed by atoms with Crippen LogP contribution in [0, 0.1) is 13.8 Å². The molecule has 63 heavy (non-hydrogen) atoms. The SMILES string of the molecule is CCCCCCCCCCCCCCCCCCN=c1cc2oc3cc([NH2+]CCCCCCCCCCCCCCCCCC)c(C)cc3c(-c3ccccc3C(=O)O)c-2cc1C. The van der Waals surface area contributed by atoms with E-state index in [0.717, 1.165) is 63.9 Å². The molecule has 2 aromatic carbocycles. The van der Waals surface area contributed by atoms with Crippen LogP contribution in [0.1, 0.15) is 241 Å². The molecule has 0 fully saturated rings. The minimum Gasteiger partial charge on any atom is -0.478 e. The van der Waals surface area contributed by atoms with E-state index in [4.69, 9.17) is 9.41 Å². The molecule has 3 N–H and O–H groups in total. The van der Waals surface area contributed by atoms with E-state index >= 15 is 0 Å². The van der Waals surface area contributed by atoms with E-state index in [-0.39, 0.29) is 0 Å². The predicted molar refractivity (Wildman–Crippen MR) is 271 cm³/mol. The number of aromatic carboxylic acids is 1. The van der Waals surface area contributed by atoms with Crippen molar-refractivity contribution in [3.05, 3.63) is 70.6 Å². The first-order valence-electron chi connectivity index (χ1n) is 26.6. The smallest absolute Gasteiger partial charge is 0.336 e. The molecule has 2 aliphatic rings. The number of hydrogen-bond acceptors (Lipinski definition) is 3. The highest BCUT2D eigenvalue weighted by Crippen LogP contribution is 2.42. The van der Waals surface area contributed by atoms with Gasteiger partial charge < -0.3 is 14.8 Å². The van der Waals surface area contributed by atoms with Gasteiger partial charge in [-0.25, -0.2) is 4.79 Å². The molecule has 0 bridgehead atoms. The minimum absolute atomic E-state index is 0.304. The number of carboxylic acid groups (broad SMARTS) is 1. The molecule has 0 saturated heterocycles. The number of quaternary nitrogens is 1. The molecule has 0 amide bonds. The first-order chi connectivity index (χ1) is 30.9. The molecule has 0 aromatic heterocycles. The average Bonchev–Trinajstić information content (AvgIpc) is 3.28. The fourth-order valence-corrected chi connectivity index (χ4v) is 9.58. The van der Waals surface area contributed by atoms with E-state index < -0.39 is 5.97 Å². The third-order valence-electron chi connectivity index (χ3n) is 13.6. The molecule has 0 spiro atoms. The summed E-state index contributed by atoms with van der Waals surface area (Å²) in [6.45, 7) is 10.7. The monoisotopic (exact) mass is 864 g/mol. The Hall–Kier alpha value is -3.44. The van der Waals surface area contributed by atoms with Gasteiger partial charge in [0.15, 0.2) is 0 Å². The number of nitrogens with two attached hydrogens (primary N) is 1. The Balaban J connectivity index is 1.28. The summed E-state index contributed by atoms with van der Waals surface area (Å²) in [5.41, 5.74) is 7.13. The number of fused-ring (bicyclic) bond motifs is 2. The maximum atomic E-state index is 12.5. The summed E-state index contributed by atoms with van der Waals surface area (Å²) in [7, 11) is 0. The standard InChI is InChI=1S/C58H90N2O3/c1-5-7-9-11-13-15-17-19-21-23-25-27-29-31-33-37-41-59-53-45-55-51(43-47(53)3)57(49-39-35-36-40-50(49)58(61)62)52-44-48(4)54(46-56(52)63-55)60-42-38-34-32-30-28-26-24-22-20-18-16-14-12-10-8-6-2/h35-36,39-40,43-46,59H,5-34,37-38,41-42H2,1-4H3,(H,61,62)/p+1. The maximum Gasteiger partial charge on any atom is 0.336 e. The highest BCUT2D eigenvalue weighted by molar-refractivity contribution is 6.08. The van der Waals surface area contributed by atoms with Gasteiger partial charge in [0, 0.05) is 40.8 Å². The Morgan fingerprint density at radius 3 is 1.49 bits per heavy atom. The second-order valence-corrected chi connectivity index (χ2v) is 19.1. The molecule has 1 aliphatic carbocycles. The van der Waals surface area contributed by atoms with Crippen LogP contribution in [0.3, 0.4) is 0 Å². The van der Waals surface area contributed by atoms with Crippen LogP contribution in [0.4, 0.5) is 5.69 Å². The number of carboxylic acids is 1. The van der Waals surface area contributed by atoms with Crippen molar-refractivity contribution in [1.29, 1.82) is 0 Å². The molecule has 350 valence electrons. The number of nitrogens with zero attached hydrogens (tertiary/aromatic N) is 1. The van der Waals surface area contributed by atoms with Gasteiger partial charge in [-0.2, -0.15) is 0 Å². The van der Waals surface area contributed by atoms with Crippen molar-refractivity contribution < 1.29 is 19.6 Å². The zero-order valence-corrected chi connectivity index (χ0v) is 40.9. The number of unbranched alkanes of at least 4 members (excludes halogenated alkanes) is 30. The number of aryl methyl sites for hydroxylation is 2. The molecule has 0 unspecified atom stereocenters. The third kappa shape index (κ3) is 19.7. The van der Waals surface area contributed by atoms with Crippen LogP contribution in [-0.4, -0.2) is 24.2 Å². The lowest BCUT2D eigenvalue weighted by atomic mass is 9.89. The lowest BCUT2D eigenvalue weighted by molar-refractivity contribution is -0.572. The van der Waals surface area contributed by atoms with E-state index in [1.807, 2.05) is 18.2 Å². The predicted octanol–water partition coefficient (Wildman–Crippen LogP) is 17.1. The van der Waals surface area contributed by atoms with Crippen molar-refractivity contribution in [2.24, 2.45) is 4.99 Å². The van der Waals surface area contributed by atoms with Gasteiger partial charge in [0.1, 0.15) is 17.0 Å². The lowest BCUT2D eigenvalue weighted by Gasteiger charge is -2.18. The van der Waals surface area contributed by atoms with Gasteiger partial charge in [-0.15, -0.1) is 0 Å².